The Morgan fingerprint density at radius 1 is 1.18 bits per heavy atom. The molecule has 0 nitrogen and oxygen atoms in total. The molecule has 0 saturated heterocycles. The highest BCUT2D eigenvalue weighted by Gasteiger charge is 2.16. The Morgan fingerprint density at radius 3 is 1.91 bits per heavy atom. The molecule has 0 aliphatic carbocycles. The zero-order valence-electron chi connectivity index (χ0n) is 8.22. The van der Waals surface area contributed by atoms with Crippen molar-refractivity contribution in [2.75, 3.05) is 0 Å². The topological polar surface area (TPSA) is 0 Å². The van der Waals surface area contributed by atoms with Crippen LogP contribution in [0.5, 0.6) is 0 Å². The van der Waals surface area contributed by atoms with E-state index in [0.29, 0.717) is 11.8 Å². The molecule has 0 aliphatic rings. The van der Waals surface area contributed by atoms with Gasteiger partial charge < -0.3 is 0 Å². The Bertz CT molecular complexity index is 142. The predicted molar refractivity (Wildman–Crippen MR) is 52.5 cm³/mol. The number of hydrogen-bond donors (Lipinski definition) is 0. The molecular weight excluding hydrogens is 132 g/mol. The molecule has 0 amide bonds. The van der Waals surface area contributed by atoms with Crippen LogP contribution < -0.4 is 0 Å². The van der Waals surface area contributed by atoms with Gasteiger partial charge in [0.1, 0.15) is 0 Å². The molecule has 0 radical (unpaired) electrons. The molecule has 2 unspecified atom stereocenters. The third-order valence-electron chi connectivity index (χ3n) is 2.69. The van der Waals surface area contributed by atoms with Crippen LogP contribution in [0.15, 0.2) is 24.8 Å². The van der Waals surface area contributed by atoms with Crippen LogP contribution in [0.1, 0.15) is 27.7 Å². The summed E-state index contributed by atoms with van der Waals surface area (Å²) in [5.41, 5.74) is 1.16. The van der Waals surface area contributed by atoms with Crippen LogP contribution in [0.25, 0.3) is 0 Å². The monoisotopic (exact) mass is 152 g/mol. The minimum absolute atomic E-state index is 0.562. The van der Waals surface area contributed by atoms with Crippen LogP contribution in [0.2, 0.25) is 0 Å². The van der Waals surface area contributed by atoms with E-state index in [9.17, 15) is 0 Å². The summed E-state index contributed by atoms with van der Waals surface area (Å²) in [5.74, 6) is 1.98. The number of rotatable bonds is 4. The second-order valence-electron chi connectivity index (χ2n) is 3.67. The van der Waals surface area contributed by atoms with Crippen molar-refractivity contribution >= 4 is 0 Å². The lowest BCUT2D eigenvalue weighted by Gasteiger charge is -2.23. The van der Waals surface area contributed by atoms with Crippen molar-refractivity contribution in [2.45, 2.75) is 27.7 Å². The first-order valence-corrected chi connectivity index (χ1v) is 4.32. The summed E-state index contributed by atoms with van der Waals surface area (Å²) >= 11 is 0. The molecule has 0 heterocycles. The molecule has 0 rings (SSSR count). The van der Waals surface area contributed by atoms with Gasteiger partial charge >= 0.3 is 0 Å². The van der Waals surface area contributed by atoms with Gasteiger partial charge in [-0.05, 0) is 17.8 Å². The summed E-state index contributed by atoms with van der Waals surface area (Å²) < 4.78 is 0. The average molecular weight is 152 g/mol. The Balaban J connectivity index is 4.11. The number of hydrogen-bond acceptors (Lipinski definition) is 0. The van der Waals surface area contributed by atoms with Gasteiger partial charge in [0.2, 0.25) is 0 Å². The molecule has 11 heavy (non-hydrogen) atoms. The smallest absolute Gasteiger partial charge is 0.0168 e. The molecule has 0 aromatic carbocycles. The van der Waals surface area contributed by atoms with E-state index in [-0.39, 0.29) is 0 Å². The second kappa shape index (κ2) is 4.38. The van der Waals surface area contributed by atoms with Gasteiger partial charge in [0.05, 0.1) is 0 Å². The highest BCUT2D eigenvalue weighted by molar-refractivity contribution is 5.14. The molecule has 0 aliphatic heterocycles. The van der Waals surface area contributed by atoms with Gasteiger partial charge in [-0.25, -0.2) is 0 Å². The van der Waals surface area contributed by atoms with E-state index >= 15 is 0 Å². The Labute approximate surface area is 71.0 Å². The lowest BCUT2D eigenvalue weighted by molar-refractivity contribution is 0.335. The second-order valence-corrected chi connectivity index (χ2v) is 3.67. The van der Waals surface area contributed by atoms with Crippen molar-refractivity contribution in [3.05, 3.63) is 24.8 Å². The normalized spacial score (nSPS) is 16.1. The lowest BCUT2D eigenvalue weighted by Crippen LogP contribution is -2.14. The Hall–Kier alpha value is -0.520. The summed E-state index contributed by atoms with van der Waals surface area (Å²) in [6, 6.07) is 0. The maximum atomic E-state index is 3.96. The quantitative estimate of drug-likeness (QED) is 0.539. The minimum Gasteiger partial charge on any atom is -0.0988 e. The van der Waals surface area contributed by atoms with Crippen LogP contribution in [-0.4, -0.2) is 0 Å². The largest absolute Gasteiger partial charge is 0.0988 e. The predicted octanol–water partition coefficient (Wildman–Crippen LogP) is 3.66. The van der Waals surface area contributed by atoms with Crippen LogP contribution >= 0.6 is 0 Å². The van der Waals surface area contributed by atoms with Crippen molar-refractivity contribution in [3.63, 3.8) is 0 Å². The minimum atomic E-state index is 0.562. The van der Waals surface area contributed by atoms with Gasteiger partial charge in [0, 0.05) is 0 Å². The molecule has 64 valence electrons. The van der Waals surface area contributed by atoms with Crippen molar-refractivity contribution < 1.29 is 0 Å². The van der Waals surface area contributed by atoms with Crippen molar-refractivity contribution in [2.24, 2.45) is 17.8 Å². The van der Waals surface area contributed by atoms with Crippen LogP contribution in [0.3, 0.4) is 0 Å². The molecule has 0 N–H and O–H groups in total. The standard InChI is InChI=1S/C11H20/c1-7-9(4)11(6)10(5)8(2)3/h7-8,10-11H,1,4H2,2-3,5-6H3. The molecular formula is C11H20. The summed E-state index contributed by atoms with van der Waals surface area (Å²) in [5, 5.41) is 0. The van der Waals surface area contributed by atoms with Crippen LogP contribution in [-0.2, 0) is 0 Å². The fourth-order valence-corrected chi connectivity index (χ4v) is 1.10. The zero-order chi connectivity index (χ0) is 9.02. The lowest BCUT2D eigenvalue weighted by atomic mass is 9.82. The van der Waals surface area contributed by atoms with Crippen LogP contribution in [0, 0.1) is 17.8 Å². The fourth-order valence-electron chi connectivity index (χ4n) is 1.10. The van der Waals surface area contributed by atoms with Gasteiger partial charge in [0.25, 0.3) is 0 Å². The molecule has 0 saturated carbocycles. The highest BCUT2D eigenvalue weighted by atomic mass is 14.2. The van der Waals surface area contributed by atoms with Crippen molar-refractivity contribution in [3.8, 4) is 0 Å². The van der Waals surface area contributed by atoms with Crippen molar-refractivity contribution in [1.82, 2.24) is 0 Å². The van der Waals surface area contributed by atoms with Gasteiger partial charge in [-0.15, -0.1) is 0 Å². The summed E-state index contributed by atoms with van der Waals surface area (Å²) in [7, 11) is 0. The van der Waals surface area contributed by atoms with E-state index in [4.69, 9.17) is 0 Å². The van der Waals surface area contributed by atoms with E-state index in [1.165, 1.54) is 0 Å². The van der Waals surface area contributed by atoms with E-state index in [0.717, 1.165) is 11.5 Å². The molecule has 0 aromatic rings. The molecule has 0 bridgehead atoms. The summed E-state index contributed by atoms with van der Waals surface area (Å²) in [6.07, 6.45) is 1.86. The molecule has 2 atom stereocenters. The van der Waals surface area contributed by atoms with E-state index in [1.54, 1.807) is 0 Å². The molecule has 0 fully saturated rings. The third-order valence-corrected chi connectivity index (χ3v) is 2.69. The molecule has 0 spiro atoms. The van der Waals surface area contributed by atoms with Gasteiger partial charge in [-0.3, -0.25) is 0 Å². The Morgan fingerprint density at radius 2 is 1.64 bits per heavy atom. The average Bonchev–Trinajstić information content (AvgIpc) is 2.00. The number of allylic oxidation sites excluding steroid dienone is 2. The van der Waals surface area contributed by atoms with Crippen LogP contribution in [0.4, 0.5) is 0 Å². The summed E-state index contributed by atoms with van der Waals surface area (Å²) in [4.78, 5) is 0. The van der Waals surface area contributed by atoms with E-state index < -0.39 is 0 Å². The van der Waals surface area contributed by atoms with E-state index in [2.05, 4.69) is 40.9 Å². The van der Waals surface area contributed by atoms with Gasteiger partial charge in [-0.1, -0.05) is 52.5 Å². The zero-order valence-corrected chi connectivity index (χ0v) is 8.22. The third kappa shape index (κ3) is 2.92. The summed E-state index contributed by atoms with van der Waals surface area (Å²) in [6.45, 7) is 16.7. The Kier molecular flexibility index (Phi) is 4.17. The van der Waals surface area contributed by atoms with Gasteiger partial charge in [0.15, 0.2) is 0 Å². The van der Waals surface area contributed by atoms with Gasteiger partial charge in [-0.2, -0.15) is 0 Å². The first kappa shape index (κ1) is 10.5. The van der Waals surface area contributed by atoms with E-state index in [1.807, 2.05) is 6.08 Å². The SMILES string of the molecule is C=CC(=C)C(C)C(C)C(C)C. The maximum absolute atomic E-state index is 3.96. The maximum Gasteiger partial charge on any atom is -0.0168 e. The molecule has 0 aromatic heterocycles. The first-order valence-electron chi connectivity index (χ1n) is 4.32. The first-order chi connectivity index (χ1) is 5.00. The highest BCUT2D eigenvalue weighted by Crippen LogP contribution is 2.25. The molecule has 0 heteroatoms. The fraction of sp³-hybridized carbons (Fsp3) is 0.636. The van der Waals surface area contributed by atoms with Crippen molar-refractivity contribution in [1.29, 1.82) is 0 Å².